The zero-order chi connectivity index (χ0) is 14.6. The predicted molar refractivity (Wildman–Crippen MR) is 79.4 cm³/mol. The third kappa shape index (κ3) is 3.13. The van der Waals surface area contributed by atoms with Crippen LogP contribution in [0.3, 0.4) is 0 Å². The first kappa shape index (κ1) is 15.3. The minimum absolute atomic E-state index is 0.0199. The Morgan fingerprint density at radius 2 is 2.05 bits per heavy atom. The van der Waals surface area contributed by atoms with E-state index in [0.717, 1.165) is 19.3 Å². The van der Waals surface area contributed by atoms with Crippen molar-refractivity contribution in [2.45, 2.75) is 37.1 Å². The van der Waals surface area contributed by atoms with Crippen LogP contribution in [-0.4, -0.2) is 39.3 Å². The van der Waals surface area contributed by atoms with E-state index in [1.807, 2.05) is 17.0 Å². The lowest BCUT2D eigenvalue weighted by molar-refractivity contribution is 0.283. The first-order chi connectivity index (χ1) is 9.60. The fourth-order valence-electron chi connectivity index (χ4n) is 2.50. The van der Waals surface area contributed by atoms with Crippen LogP contribution in [0, 0.1) is 0 Å². The fraction of sp³-hybridized carbons (Fsp3) is 0.571. The summed E-state index contributed by atoms with van der Waals surface area (Å²) in [5, 5.41) is 9.26. The van der Waals surface area contributed by atoms with E-state index >= 15 is 0 Å². The van der Waals surface area contributed by atoms with Gasteiger partial charge in [-0.1, -0.05) is 19.1 Å². The summed E-state index contributed by atoms with van der Waals surface area (Å²) in [6.45, 7) is 2.60. The molecule has 6 heteroatoms. The summed E-state index contributed by atoms with van der Waals surface area (Å²) in [7, 11) is -3.50. The summed E-state index contributed by atoms with van der Waals surface area (Å²) in [5.41, 5.74) is 0.687. The fourth-order valence-corrected chi connectivity index (χ4v) is 3.75. The van der Waals surface area contributed by atoms with Crippen molar-refractivity contribution in [3.63, 3.8) is 0 Å². The number of rotatable bonds is 7. The molecule has 1 aromatic rings. The lowest BCUT2D eigenvalue weighted by Gasteiger charge is -2.39. The van der Waals surface area contributed by atoms with Gasteiger partial charge in [-0.15, -0.1) is 0 Å². The van der Waals surface area contributed by atoms with E-state index in [1.54, 1.807) is 19.1 Å². The van der Waals surface area contributed by atoms with Gasteiger partial charge >= 0.3 is 0 Å². The minimum atomic E-state index is -3.50. The molecule has 0 aliphatic heterocycles. The van der Waals surface area contributed by atoms with Crippen LogP contribution in [0.2, 0.25) is 0 Å². The zero-order valence-electron chi connectivity index (χ0n) is 11.7. The van der Waals surface area contributed by atoms with E-state index in [-0.39, 0.29) is 6.61 Å². The summed E-state index contributed by atoms with van der Waals surface area (Å²) in [5.74, 6) is 0. The molecule has 0 radical (unpaired) electrons. The third-order valence-corrected chi connectivity index (χ3v) is 5.25. The molecule has 0 unspecified atom stereocenters. The lowest BCUT2D eigenvalue weighted by Crippen LogP contribution is -2.43. The Kier molecular flexibility index (Phi) is 5.01. The lowest BCUT2D eigenvalue weighted by atomic mass is 9.91. The normalized spacial score (nSPS) is 15.9. The van der Waals surface area contributed by atoms with E-state index in [9.17, 15) is 13.5 Å². The summed E-state index contributed by atoms with van der Waals surface area (Å²) in [4.78, 5) is 2.32. The summed E-state index contributed by atoms with van der Waals surface area (Å²) in [6, 6.07) is 7.34. The van der Waals surface area contributed by atoms with E-state index in [1.165, 1.54) is 0 Å². The molecule has 2 N–H and O–H groups in total. The van der Waals surface area contributed by atoms with E-state index in [2.05, 4.69) is 4.72 Å². The molecule has 0 atom stereocenters. The number of aliphatic hydroxyl groups excluding tert-OH is 1. The van der Waals surface area contributed by atoms with Crippen LogP contribution in [0.15, 0.2) is 29.2 Å². The minimum Gasteiger partial charge on any atom is -0.395 e. The van der Waals surface area contributed by atoms with Gasteiger partial charge in [0.1, 0.15) is 4.90 Å². The number of hydrogen-bond acceptors (Lipinski definition) is 4. The second-order valence-electron chi connectivity index (χ2n) is 4.97. The Balaban J connectivity index is 2.39. The molecule has 0 amide bonds. The number of hydrogen-bond donors (Lipinski definition) is 2. The molecule has 2 rings (SSSR count). The molecule has 0 saturated heterocycles. The van der Waals surface area contributed by atoms with E-state index in [0.29, 0.717) is 29.7 Å². The zero-order valence-corrected chi connectivity index (χ0v) is 12.6. The van der Waals surface area contributed by atoms with Gasteiger partial charge in [-0.2, -0.15) is 0 Å². The number of anilines is 1. The molecule has 1 aliphatic rings. The van der Waals surface area contributed by atoms with Crippen molar-refractivity contribution in [1.82, 2.24) is 4.72 Å². The van der Waals surface area contributed by atoms with Crippen molar-refractivity contribution in [3.05, 3.63) is 24.3 Å². The molecule has 1 aromatic carbocycles. The third-order valence-electron chi connectivity index (χ3n) is 3.65. The van der Waals surface area contributed by atoms with Gasteiger partial charge in [-0.05, 0) is 31.4 Å². The summed E-state index contributed by atoms with van der Waals surface area (Å²) < 4.78 is 27.1. The highest BCUT2D eigenvalue weighted by molar-refractivity contribution is 7.89. The molecule has 0 spiro atoms. The van der Waals surface area contributed by atoms with Gasteiger partial charge in [0.05, 0.1) is 12.3 Å². The predicted octanol–water partition coefficient (Wildman–Crippen LogP) is 1.34. The average Bonchev–Trinajstić information content (AvgIpc) is 2.36. The maximum absolute atomic E-state index is 12.3. The monoisotopic (exact) mass is 298 g/mol. The molecule has 0 aromatic heterocycles. The Morgan fingerprint density at radius 1 is 1.35 bits per heavy atom. The van der Waals surface area contributed by atoms with Crippen LogP contribution in [0.25, 0.3) is 0 Å². The standard InChI is InChI=1S/C14H22N2O3S/c1-2-15-20(18,19)14-9-4-3-8-13(14)16(10-11-17)12-6-5-7-12/h3-4,8-9,12,15,17H,2,5-7,10-11H2,1H3. The van der Waals surface area contributed by atoms with Gasteiger partial charge in [-0.25, -0.2) is 13.1 Å². The van der Waals surface area contributed by atoms with Gasteiger partial charge in [0.25, 0.3) is 0 Å². The van der Waals surface area contributed by atoms with Gasteiger partial charge in [-0.3, -0.25) is 0 Å². The van der Waals surface area contributed by atoms with Gasteiger partial charge in [0.15, 0.2) is 0 Å². The van der Waals surface area contributed by atoms with Crippen molar-refractivity contribution in [2.75, 3.05) is 24.6 Å². The Labute approximate surface area is 120 Å². The second-order valence-corrected chi connectivity index (χ2v) is 6.71. The molecule has 0 bridgehead atoms. The van der Waals surface area contributed by atoms with Crippen molar-refractivity contribution in [3.8, 4) is 0 Å². The number of para-hydroxylation sites is 1. The van der Waals surface area contributed by atoms with Crippen LogP contribution in [0.5, 0.6) is 0 Å². The van der Waals surface area contributed by atoms with Gasteiger partial charge < -0.3 is 10.0 Å². The molecule has 1 saturated carbocycles. The number of nitrogens with one attached hydrogen (secondary N) is 1. The molecule has 112 valence electrons. The Hall–Kier alpha value is -1.11. The molecule has 1 fully saturated rings. The first-order valence-corrected chi connectivity index (χ1v) is 8.54. The highest BCUT2D eigenvalue weighted by atomic mass is 32.2. The largest absolute Gasteiger partial charge is 0.395 e. The SMILES string of the molecule is CCNS(=O)(=O)c1ccccc1N(CCO)C1CCC1. The van der Waals surface area contributed by atoms with Crippen LogP contribution < -0.4 is 9.62 Å². The van der Waals surface area contributed by atoms with Crippen LogP contribution in [0.1, 0.15) is 26.2 Å². The van der Waals surface area contributed by atoms with Gasteiger partial charge in [0, 0.05) is 19.1 Å². The molecule has 20 heavy (non-hydrogen) atoms. The topological polar surface area (TPSA) is 69.6 Å². The summed E-state index contributed by atoms with van der Waals surface area (Å²) in [6.07, 6.45) is 3.26. The molecule has 1 aliphatic carbocycles. The molecular formula is C14H22N2O3S. The van der Waals surface area contributed by atoms with E-state index in [4.69, 9.17) is 0 Å². The highest BCUT2D eigenvalue weighted by Gasteiger charge is 2.28. The quantitative estimate of drug-likeness (QED) is 0.797. The Bertz CT molecular complexity index is 541. The molecule has 5 nitrogen and oxygen atoms in total. The van der Waals surface area contributed by atoms with Crippen molar-refractivity contribution in [1.29, 1.82) is 0 Å². The maximum Gasteiger partial charge on any atom is 0.242 e. The Morgan fingerprint density at radius 3 is 2.60 bits per heavy atom. The molecular weight excluding hydrogens is 276 g/mol. The van der Waals surface area contributed by atoms with Gasteiger partial charge in [0.2, 0.25) is 10.0 Å². The number of nitrogens with zero attached hydrogens (tertiary/aromatic N) is 1. The second kappa shape index (κ2) is 6.56. The van der Waals surface area contributed by atoms with E-state index < -0.39 is 10.0 Å². The van der Waals surface area contributed by atoms with Crippen LogP contribution in [-0.2, 0) is 10.0 Å². The first-order valence-electron chi connectivity index (χ1n) is 7.06. The number of aliphatic hydroxyl groups is 1. The summed E-state index contributed by atoms with van der Waals surface area (Å²) >= 11 is 0. The maximum atomic E-state index is 12.3. The number of sulfonamides is 1. The van der Waals surface area contributed by atoms with Crippen LogP contribution in [0.4, 0.5) is 5.69 Å². The van der Waals surface area contributed by atoms with Crippen molar-refractivity contribution < 1.29 is 13.5 Å². The number of benzene rings is 1. The van der Waals surface area contributed by atoms with Crippen LogP contribution >= 0.6 is 0 Å². The van der Waals surface area contributed by atoms with Crippen molar-refractivity contribution >= 4 is 15.7 Å². The van der Waals surface area contributed by atoms with Crippen molar-refractivity contribution in [2.24, 2.45) is 0 Å². The smallest absolute Gasteiger partial charge is 0.242 e. The average molecular weight is 298 g/mol. The highest BCUT2D eigenvalue weighted by Crippen LogP contribution is 2.33. The molecule has 0 heterocycles.